The number of esters is 1. The summed E-state index contributed by atoms with van der Waals surface area (Å²) < 4.78 is 6.94. The number of nitrogens with zero attached hydrogens (tertiary/aromatic N) is 1. The highest BCUT2D eigenvalue weighted by atomic mass is 16.5. The van der Waals surface area contributed by atoms with Crippen molar-refractivity contribution in [3.05, 3.63) is 66.1 Å². The second kappa shape index (κ2) is 7.82. The molecular formula is C20H22N3O3+. The van der Waals surface area contributed by atoms with E-state index >= 15 is 0 Å². The van der Waals surface area contributed by atoms with Gasteiger partial charge in [-0.25, -0.2) is 9.36 Å². The number of H-pyrrole nitrogens is 1. The van der Waals surface area contributed by atoms with Gasteiger partial charge < -0.3 is 15.0 Å². The summed E-state index contributed by atoms with van der Waals surface area (Å²) in [6.07, 6.45) is 5.77. The van der Waals surface area contributed by atoms with Crippen LogP contribution in [0.1, 0.15) is 22.8 Å². The Balaban J connectivity index is 1.83. The third-order valence-electron chi connectivity index (χ3n) is 4.18. The van der Waals surface area contributed by atoms with Crippen molar-refractivity contribution in [2.24, 2.45) is 7.05 Å². The Hall–Kier alpha value is -3.15. The van der Waals surface area contributed by atoms with Crippen LogP contribution in [0.2, 0.25) is 0 Å². The molecule has 6 nitrogen and oxygen atoms in total. The molecule has 0 saturated heterocycles. The van der Waals surface area contributed by atoms with Crippen molar-refractivity contribution in [1.29, 1.82) is 0 Å². The highest BCUT2D eigenvalue weighted by Gasteiger charge is 2.25. The van der Waals surface area contributed by atoms with Crippen LogP contribution in [0, 0.1) is 0 Å². The molecule has 2 heterocycles. The summed E-state index contributed by atoms with van der Waals surface area (Å²) in [4.78, 5) is 28.1. The molecule has 0 spiro atoms. The first-order valence-electron chi connectivity index (χ1n) is 8.56. The molecule has 134 valence electrons. The number of benzene rings is 1. The highest BCUT2D eigenvalue weighted by Crippen LogP contribution is 2.19. The lowest BCUT2D eigenvalue weighted by Gasteiger charge is -2.17. The Morgan fingerprint density at radius 2 is 2.04 bits per heavy atom. The van der Waals surface area contributed by atoms with E-state index in [1.807, 2.05) is 43.7 Å². The van der Waals surface area contributed by atoms with E-state index in [9.17, 15) is 9.59 Å². The van der Waals surface area contributed by atoms with E-state index in [2.05, 4.69) is 10.3 Å². The number of ether oxygens (including phenoxy) is 1. The highest BCUT2D eigenvalue weighted by molar-refractivity contribution is 5.96. The summed E-state index contributed by atoms with van der Waals surface area (Å²) in [5, 5.41) is 3.84. The van der Waals surface area contributed by atoms with Crippen molar-refractivity contribution in [1.82, 2.24) is 10.3 Å². The van der Waals surface area contributed by atoms with Crippen LogP contribution in [0.3, 0.4) is 0 Å². The molecule has 0 radical (unpaired) electrons. The zero-order valence-electron chi connectivity index (χ0n) is 14.9. The Labute approximate surface area is 151 Å². The summed E-state index contributed by atoms with van der Waals surface area (Å²) in [7, 11) is 1.84. The van der Waals surface area contributed by atoms with Crippen molar-refractivity contribution in [2.75, 3.05) is 6.61 Å². The monoisotopic (exact) mass is 352 g/mol. The van der Waals surface area contributed by atoms with Gasteiger partial charge in [0, 0.05) is 29.6 Å². The number of rotatable bonds is 6. The van der Waals surface area contributed by atoms with Crippen LogP contribution < -0.4 is 9.88 Å². The number of pyridine rings is 1. The molecule has 0 aliphatic rings. The molecule has 3 aromatic rings. The van der Waals surface area contributed by atoms with Gasteiger partial charge in [0.1, 0.15) is 18.7 Å². The molecule has 0 aliphatic heterocycles. The molecule has 1 aromatic carbocycles. The molecular weight excluding hydrogens is 330 g/mol. The van der Waals surface area contributed by atoms with Crippen molar-refractivity contribution >= 4 is 22.8 Å². The molecule has 26 heavy (non-hydrogen) atoms. The SMILES string of the molecule is CCOC(=O)C(Cc1c[nH]c2ccccc12)NC(=O)c1ccc[n+](C)c1. The first-order valence-corrected chi connectivity index (χ1v) is 8.56. The molecule has 1 amide bonds. The Morgan fingerprint density at radius 3 is 2.81 bits per heavy atom. The van der Waals surface area contributed by atoms with Crippen molar-refractivity contribution in [2.45, 2.75) is 19.4 Å². The summed E-state index contributed by atoms with van der Waals surface area (Å²) >= 11 is 0. The molecule has 0 bridgehead atoms. The van der Waals surface area contributed by atoms with Gasteiger partial charge in [0.05, 0.1) is 6.61 Å². The predicted molar refractivity (Wildman–Crippen MR) is 97.5 cm³/mol. The topological polar surface area (TPSA) is 75.1 Å². The molecule has 0 fully saturated rings. The number of aromatic amines is 1. The zero-order chi connectivity index (χ0) is 18.5. The largest absolute Gasteiger partial charge is 0.464 e. The minimum atomic E-state index is -0.757. The quantitative estimate of drug-likeness (QED) is 0.526. The number of carbonyl (C=O) groups is 2. The van der Waals surface area contributed by atoms with Crippen LogP contribution in [-0.2, 0) is 23.0 Å². The average Bonchev–Trinajstić information content (AvgIpc) is 3.04. The number of amides is 1. The lowest BCUT2D eigenvalue weighted by atomic mass is 10.0. The van der Waals surface area contributed by atoms with Gasteiger partial charge in [-0.15, -0.1) is 0 Å². The van der Waals surface area contributed by atoms with Crippen LogP contribution in [0.25, 0.3) is 10.9 Å². The van der Waals surface area contributed by atoms with Gasteiger partial charge in [0.25, 0.3) is 5.91 Å². The van der Waals surface area contributed by atoms with E-state index in [0.29, 0.717) is 12.0 Å². The van der Waals surface area contributed by atoms with Gasteiger partial charge in [0.2, 0.25) is 0 Å². The van der Waals surface area contributed by atoms with E-state index in [1.165, 1.54) is 0 Å². The minimum absolute atomic E-state index is 0.263. The van der Waals surface area contributed by atoms with E-state index in [4.69, 9.17) is 4.74 Å². The Kier molecular flexibility index (Phi) is 5.31. The second-order valence-corrected chi connectivity index (χ2v) is 6.10. The standard InChI is InChI=1S/C20H21N3O3/c1-3-26-20(25)18(22-19(24)14-7-6-10-23(2)13-14)11-15-12-21-17-9-5-4-8-16(15)17/h4-10,12-13,18,21H,3,11H2,1-2H3/p+1. The molecule has 2 aromatic heterocycles. The third-order valence-corrected chi connectivity index (χ3v) is 4.18. The molecule has 2 N–H and O–H groups in total. The van der Waals surface area contributed by atoms with Crippen molar-refractivity contribution in [3.63, 3.8) is 0 Å². The number of fused-ring (bicyclic) bond motifs is 1. The van der Waals surface area contributed by atoms with Gasteiger partial charge in [-0.3, -0.25) is 4.79 Å². The van der Waals surface area contributed by atoms with Crippen LogP contribution in [0.15, 0.2) is 55.0 Å². The fourth-order valence-corrected chi connectivity index (χ4v) is 2.92. The minimum Gasteiger partial charge on any atom is -0.464 e. The van der Waals surface area contributed by atoms with Crippen LogP contribution in [0.4, 0.5) is 0 Å². The van der Waals surface area contributed by atoms with Gasteiger partial charge in [-0.1, -0.05) is 18.2 Å². The third kappa shape index (κ3) is 3.91. The van der Waals surface area contributed by atoms with Crippen LogP contribution in [-0.4, -0.2) is 29.5 Å². The number of nitrogens with one attached hydrogen (secondary N) is 2. The van der Waals surface area contributed by atoms with Crippen LogP contribution in [0.5, 0.6) is 0 Å². The van der Waals surface area contributed by atoms with Crippen molar-refractivity contribution in [3.8, 4) is 0 Å². The molecule has 0 saturated carbocycles. The summed E-state index contributed by atoms with van der Waals surface area (Å²) in [6, 6.07) is 10.6. The maximum atomic E-state index is 12.6. The second-order valence-electron chi connectivity index (χ2n) is 6.10. The summed E-state index contributed by atoms with van der Waals surface area (Å²) in [6.45, 7) is 2.01. The maximum Gasteiger partial charge on any atom is 0.328 e. The molecule has 0 aliphatic carbocycles. The van der Waals surface area contributed by atoms with Crippen molar-refractivity contribution < 1.29 is 18.9 Å². The van der Waals surface area contributed by atoms with Crippen LogP contribution >= 0.6 is 0 Å². The summed E-state index contributed by atoms with van der Waals surface area (Å²) in [5.41, 5.74) is 2.44. The lowest BCUT2D eigenvalue weighted by molar-refractivity contribution is -0.671. The number of hydrogen-bond donors (Lipinski definition) is 2. The van der Waals surface area contributed by atoms with Gasteiger partial charge in [-0.05, 0) is 24.6 Å². The Morgan fingerprint density at radius 1 is 1.23 bits per heavy atom. The zero-order valence-corrected chi connectivity index (χ0v) is 14.9. The van der Waals surface area contributed by atoms with E-state index in [-0.39, 0.29) is 12.5 Å². The fourth-order valence-electron chi connectivity index (χ4n) is 2.92. The fraction of sp³-hybridized carbons (Fsp3) is 0.250. The molecule has 1 atom stereocenters. The van der Waals surface area contributed by atoms with Gasteiger partial charge >= 0.3 is 5.97 Å². The molecule has 3 rings (SSSR count). The predicted octanol–water partition coefficient (Wildman–Crippen LogP) is 1.90. The van der Waals surface area contributed by atoms with E-state index in [0.717, 1.165) is 16.5 Å². The number of carbonyl (C=O) groups excluding carboxylic acids is 2. The smallest absolute Gasteiger partial charge is 0.328 e. The first-order chi connectivity index (χ1) is 12.6. The Bertz CT molecular complexity index is 933. The number of aryl methyl sites for hydroxylation is 1. The maximum absolute atomic E-state index is 12.6. The average molecular weight is 352 g/mol. The van der Waals surface area contributed by atoms with E-state index < -0.39 is 12.0 Å². The van der Waals surface area contributed by atoms with Gasteiger partial charge in [0.15, 0.2) is 12.4 Å². The number of hydrogen-bond acceptors (Lipinski definition) is 3. The van der Waals surface area contributed by atoms with E-state index in [1.54, 1.807) is 29.8 Å². The van der Waals surface area contributed by atoms with Gasteiger partial charge in [-0.2, -0.15) is 0 Å². The lowest BCUT2D eigenvalue weighted by Crippen LogP contribution is -2.44. The number of aromatic nitrogens is 2. The summed E-state index contributed by atoms with van der Waals surface area (Å²) in [5.74, 6) is -0.745. The normalized spacial score (nSPS) is 11.9. The number of para-hydroxylation sites is 1. The first kappa shape index (κ1) is 17.7. The molecule has 6 heteroatoms. The molecule has 1 unspecified atom stereocenters.